The number of halogens is 1. The summed E-state index contributed by atoms with van der Waals surface area (Å²) in [5.41, 5.74) is -0.758. The van der Waals surface area contributed by atoms with Gasteiger partial charge in [0.1, 0.15) is 11.4 Å². The summed E-state index contributed by atoms with van der Waals surface area (Å²) < 4.78 is 27.1. The Kier molecular flexibility index (Phi) is 4.14. The summed E-state index contributed by atoms with van der Waals surface area (Å²) in [5, 5.41) is 20.2. The molecule has 0 aliphatic rings. The van der Waals surface area contributed by atoms with Crippen molar-refractivity contribution in [3.8, 4) is 5.75 Å². The number of hydrogen-bond donors (Lipinski definition) is 2. The van der Waals surface area contributed by atoms with Crippen LogP contribution >= 0.6 is 15.9 Å². The van der Waals surface area contributed by atoms with Crippen molar-refractivity contribution in [1.82, 2.24) is 0 Å². The summed E-state index contributed by atoms with van der Waals surface area (Å²) >= 11 is 3.15. The van der Waals surface area contributed by atoms with Crippen molar-refractivity contribution >= 4 is 37.3 Å². The van der Waals surface area contributed by atoms with E-state index in [4.69, 9.17) is 0 Å². The first-order valence-electron chi connectivity index (χ1n) is 5.55. The van der Waals surface area contributed by atoms with Crippen LogP contribution < -0.4 is 4.72 Å². The van der Waals surface area contributed by atoms with Crippen molar-refractivity contribution in [3.63, 3.8) is 0 Å². The molecule has 9 heteroatoms. The Balaban J connectivity index is 2.44. The monoisotopic (exact) mass is 372 g/mol. The van der Waals surface area contributed by atoms with Gasteiger partial charge in [-0.25, -0.2) is 8.42 Å². The summed E-state index contributed by atoms with van der Waals surface area (Å²) in [6.07, 6.45) is 0. The number of phenolic OH excluding ortho intramolecular Hbond substituents is 1. The number of hydrogen-bond acceptors (Lipinski definition) is 5. The molecule has 0 aliphatic heterocycles. The number of nitro groups is 1. The highest BCUT2D eigenvalue weighted by atomic mass is 79.9. The summed E-state index contributed by atoms with van der Waals surface area (Å²) in [5.74, 6) is -0.327. The van der Waals surface area contributed by atoms with Crippen molar-refractivity contribution in [1.29, 1.82) is 0 Å². The van der Waals surface area contributed by atoms with Crippen molar-refractivity contribution in [2.75, 3.05) is 4.72 Å². The minimum absolute atomic E-state index is 0.0424. The van der Waals surface area contributed by atoms with Gasteiger partial charge in [-0.1, -0.05) is 22.0 Å². The number of nitro benzene ring substituents is 1. The van der Waals surface area contributed by atoms with Crippen LogP contribution in [-0.4, -0.2) is 18.4 Å². The lowest BCUT2D eigenvalue weighted by Gasteiger charge is -2.09. The van der Waals surface area contributed by atoms with Crippen LogP contribution in [0.1, 0.15) is 0 Å². The molecular formula is C12H9BrN2O5S. The second-order valence-corrected chi connectivity index (χ2v) is 6.62. The van der Waals surface area contributed by atoms with Gasteiger partial charge in [0, 0.05) is 4.47 Å². The van der Waals surface area contributed by atoms with Crippen molar-refractivity contribution in [2.24, 2.45) is 0 Å². The van der Waals surface area contributed by atoms with Crippen molar-refractivity contribution < 1.29 is 18.4 Å². The fourth-order valence-corrected chi connectivity index (χ4v) is 3.27. The normalized spacial score (nSPS) is 11.1. The molecule has 110 valence electrons. The molecule has 2 N–H and O–H groups in total. The fourth-order valence-electron chi connectivity index (χ4n) is 1.60. The van der Waals surface area contributed by atoms with Crippen LogP contribution in [0, 0.1) is 10.1 Å². The Morgan fingerprint density at radius 2 is 1.90 bits per heavy atom. The second-order valence-electron chi connectivity index (χ2n) is 4.02. The van der Waals surface area contributed by atoms with Gasteiger partial charge in [0.15, 0.2) is 0 Å². The van der Waals surface area contributed by atoms with E-state index in [1.807, 2.05) is 0 Å². The van der Waals surface area contributed by atoms with Gasteiger partial charge in [0.2, 0.25) is 0 Å². The van der Waals surface area contributed by atoms with Gasteiger partial charge in [0.05, 0.1) is 15.9 Å². The van der Waals surface area contributed by atoms with Gasteiger partial charge < -0.3 is 5.11 Å². The number of rotatable bonds is 4. The number of nitrogens with zero attached hydrogens (tertiary/aromatic N) is 1. The van der Waals surface area contributed by atoms with Gasteiger partial charge >= 0.3 is 0 Å². The molecule has 0 saturated heterocycles. The minimum atomic E-state index is -3.97. The lowest BCUT2D eigenvalue weighted by atomic mass is 10.2. The molecule has 0 heterocycles. The van der Waals surface area contributed by atoms with Gasteiger partial charge in [-0.05, 0) is 30.3 Å². The number of anilines is 1. The summed E-state index contributed by atoms with van der Waals surface area (Å²) in [6.45, 7) is 0. The molecule has 0 amide bonds. The first-order chi connectivity index (χ1) is 9.79. The van der Waals surface area contributed by atoms with Gasteiger partial charge in [-0.3, -0.25) is 14.8 Å². The van der Waals surface area contributed by atoms with E-state index in [1.165, 1.54) is 18.2 Å². The minimum Gasteiger partial charge on any atom is -0.508 e. The van der Waals surface area contributed by atoms with E-state index in [2.05, 4.69) is 20.7 Å². The second kappa shape index (κ2) is 5.70. The van der Waals surface area contributed by atoms with E-state index in [-0.39, 0.29) is 16.3 Å². The molecule has 0 aliphatic carbocycles. The molecule has 0 saturated carbocycles. The molecule has 0 bridgehead atoms. The smallest absolute Gasteiger partial charge is 0.297 e. The van der Waals surface area contributed by atoms with E-state index in [9.17, 15) is 23.6 Å². The molecular weight excluding hydrogens is 364 g/mol. The van der Waals surface area contributed by atoms with Crippen LogP contribution in [0.3, 0.4) is 0 Å². The van der Waals surface area contributed by atoms with E-state index >= 15 is 0 Å². The molecule has 0 spiro atoms. The first kappa shape index (κ1) is 15.3. The summed E-state index contributed by atoms with van der Waals surface area (Å²) in [6, 6.07) is 9.08. The zero-order valence-electron chi connectivity index (χ0n) is 10.4. The predicted molar refractivity (Wildman–Crippen MR) is 79.7 cm³/mol. The number of phenols is 1. The molecule has 0 aromatic heterocycles. The zero-order chi connectivity index (χ0) is 15.6. The molecule has 0 fully saturated rings. The Labute approximate surface area is 128 Å². The average Bonchev–Trinajstić information content (AvgIpc) is 2.40. The average molecular weight is 373 g/mol. The highest BCUT2D eigenvalue weighted by Gasteiger charge is 2.21. The Morgan fingerprint density at radius 1 is 1.19 bits per heavy atom. The Morgan fingerprint density at radius 3 is 2.52 bits per heavy atom. The molecule has 2 aromatic carbocycles. The third kappa shape index (κ3) is 3.50. The van der Waals surface area contributed by atoms with Crippen LogP contribution in [0.5, 0.6) is 5.75 Å². The third-order valence-electron chi connectivity index (χ3n) is 2.53. The third-order valence-corrected chi connectivity index (χ3v) is 4.39. The molecule has 2 aromatic rings. The Hall–Kier alpha value is -2.13. The van der Waals surface area contributed by atoms with Crippen molar-refractivity contribution in [3.05, 3.63) is 57.1 Å². The number of nitrogens with one attached hydrogen (secondary N) is 1. The Bertz CT molecular complexity index is 807. The van der Waals surface area contributed by atoms with Crippen LogP contribution in [0.25, 0.3) is 0 Å². The maximum atomic E-state index is 12.2. The van der Waals surface area contributed by atoms with Crippen LogP contribution in [0.4, 0.5) is 11.4 Å². The fraction of sp³-hybridized carbons (Fsp3) is 0. The first-order valence-corrected chi connectivity index (χ1v) is 7.83. The molecule has 0 atom stereocenters. The number of aromatic hydroxyl groups is 1. The highest BCUT2D eigenvalue weighted by Crippen LogP contribution is 2.30. The van der Waals surface area contributed by atoms with Crippen LogP contribution in [0.2, 0.25) is 0 Å². The molecule has 0 radical (unpaired) electrons. The van der Waals surface area contributed by atoms with Crippen molar-refractivity contribution in [2.45, 2.75) is 4.90 Å². The maximum Gasteiger partial charge on any atom is 0.297 e. The van der Waals surface area contributed by atoms with Crippen LogP contribution in [0.15, 0.2) is 51.8 Å². The van der Waals surface area contributed by atoms with Gasteiger partial charge in [-0.15, -0.1) is 0 Å². The largest absolute Gasteiger partial charge is 0.508 e. The van der Waals surface area contributed by atoms with Gasteiger partial charge in [0.25, 0.3) is 15.7 Å². The molecule has 2 rings (SSSR count). The molecule has 21 heavy (non-hydrogen) atoms. The SMILES string of the molecule is O=[N+]([O-])c1cc(O)ccc1NS(=O)(=O)c1cccc(Br)c1. The number of sulfonamides is 1. The van der Waals surface area contributed by atoms with Crippen LogP contribution in [-0.2, 0) is 10.0 Å². The van der Waals surface area contributed by atoms with E-state index in [0.717, 1.165) is 18.2 Å². The highest BCUT2D eigenvalue weighted by molar-refractivity contribution is 9.10. The maximum absolute atomic E-state index is 12.2. The summed E-state index contributed by atoms with van der Waals surface area (Å²) in [7, 11) is -3.97. The molecule has 7 nitrogen and oxygen atoms in total. The lowest BCUT2D eigenvalue weighted by molar-refractivity contribution is -0.384. The topological polar surface area (TPSA) is 110 Å². The quantitative estimate of drug-likeness (QED) is 0.487. The standard InChI is InChI=1S/C12H9BrN2O5S/c13-8-2-1-3-10(6-8)21(19,20)14-11-5-4-9(16)7-12(11)15(17)18/h1-7,14,16H. The van der Waals surface area contributed by atoms with Gasteiger partial charge in [-0.2, -0.15) is 0 Å². The predicted octanol–water partition coefficient (Wildman–Crippen LogP) is 2.86. The van der Waals surface area contributed by atoms with E-state index < -0.39 is 20.6 Å². The van der Waals surface area contributed by atoms with E-state index in [1.54, 1.807) is 6.07 Å². The van der Waals surface area contributed by atoms with E-state index in [0.29, 0.717) is 4.47 Å². The summed E-state index contributed by atoms with van der Waals surface area (Å²) in [4.78, 5) is 10.1. The lowest BCUT2D eigenvalue weighted by Crippen LogP contribution is -2.14. The molecule has 0 unspecified atom stereocenters. The zero-order valence-corrected chi connectivity index (χ0v) is 12.8. The number of benzene rings is 2.